The fourth-order valence-electron chi connectivity index (χ4n) is 6.65. The minimum absolute atomic E-state index is 0.539. The molecule has 0 spiro atoms. The van der Waals surface area contributed by atoms with Crippen LogP contribution in [0.4, 0.5) is 0 Å². The molecule has 1 saturated carbocycles. The van der Waals surface area contributed by atoms with Crippen molar-refractivity contribution in [3.8, 4) is 0 Å². The van der Waals surface area contributed by atoms with Gasteiger partial charge in [-0.15, -0.1) is 0 Å². The van der Waals surface area contributed by atoms with Crippen LogP contribution in [-0.2, 0) is 0 Å². The topological polar surface area (TPSA) is 0 Å². The van der Waals surface area contributed by atoms with Gasteiger partial charge in [-0.05, 0) is 99.7 Å². The zero-order valence-corrected chi connectivity index (χ0v) is 30.5. The lowest BCUT2D eigenvalue weighted by atomic mass is 9.81. The molecule has 0 radical (unpaired) electrons. The van der Waals surface area contributed by atoms with E-state index < -0.39 is 0 Å². The molecule has 3 atom stereocenters. The van der Waals surface area contributed by atoms with Gasteiger partial charge >= 0.3 is 0 Å². The first-order valence-electron chi connectivity index (χ1n) is 18.5. The number of hydrogen-bond donors (Lipinski definition) is 0. The third-order valence-corrected chi connectivity index (χ3v) is 10.4. The van der Waals surface area contributed by atoms with Crippen molar-refractivity contribution in [3.63, 3.8) is 0 Å². The van der Waals surface area contributed by atoms with Gasteiger partial charge in [0, 0.05) is 0 Å². The van der Waals surface area contributed by atoms with Crippen LogP contribution >= 0.6 is 0 Å². The predicted molar refractivity (Wildman–Crippen MR) is 205 cm³/mol. The molecule has 0 heterocycles. The molecular weight excluding hydrogens is 540 g/mol. The Bertz CT molecular complexity index is 1160. The molecule has 0 heteroatoms. The molecule has 1 aromatic rings. The molecule has 0 saturated heterocycles. The standard InChI is InChI=1S/C45H68/c1-10-14-24-43(25-16-15-20-40-22-18-23-40)45-32-30-44(31-33-45)41(12-3)29-26-36(7)34-42(13-4)38(9)37(8)27-28-39(11-2)21-17-19-35(5)6/h12-13,17,19,21,26,29-33,37-38,40,43H,5,7,10-11,14-16,18,20,22-25,27-28,34H2,1-4,6,8-9H3. The van der Waals surface area contributed by atoms with Crippen LogP contribution in [0.1, 0.15) is 155 Å². The smallest absolute Gasteiger partial charge is 0.00703 e. The summed E-state index contributed by atoms with van der Waals surface area (Å²) in [6.45, 7) is 24.2. The maximum atomic E-state index is 4.46. The molecule has 0 nitrogen and oxygen atoms in total. The quantitative estimate of drug-likeness (QED) is 0.0698. The Morgan fingerprint density at radius 3 is 2.18 bits per heavy atom. The Morgan fingerprint density at radius 1 is 0.889 bits per heavy atom. The van der Waals surface area contributed by atoms with E-state index in [-0.39, 0.29) is 0 Å². The maximum absolute atomic E-state index is 4.46. The molecule has 1 aromatic carbocycles. The van der Waals surface area contributed by atoms with E-state index in [2.05, 4.69) is 121 Å². The molecule has 3 unspecified atom stereocenters. The molecule has 0 bridgehead atoms. The van der Waals surface area contributed by atoms with E-state index >= 15 is 0 Å². The van der Waals surface area contributed by atoms with Crippen molar-refractivity contribution < 1.29 is 0 Å². The van der Waals surface area contributed by atoms with Gasteiger partial charge < -0.3 is 0 Å². The average molecular weight is 609 g/mol. The summed E-state index contributed by atoms with van der Waals surface area (Å²) in [5.74, 6) is 2.91. The zero-order chi connectivity index (χ0) is 33.0. The molecule has 1 aliphatic carbocycles. The minimum atomic E-state index is 0.539. The van der Waals surface area contributed by atoms with Crippen LogP contribution < -0.4 is 0 Å². The molecule has 248 valence electrons. The summed E-state index contributed by atoms with van der Waals surface area (Å²) < 4.78 is 0. The fraction of sp³-hybridized carbons (Fsp3) is 0.556. The van der Waals surface area contributed by atoms with E-state index in [1.807, 2.05) is 6.92 Å². The second-order valence-electron chi connectivity index (χ2n) is 14.0. The van der Waals surface area contributed by atoms with Gasteiger partial charge in [0.15, 0.2) is 0 Å². The Labute approximate surface area is 280 Å². The van der Waals surface area contributed by atoms with Gasteiger partial charge in [-0.25, -0.2) is 0 Å². The van der Waals surface area contributed by atoms with Gasteiger partial charge in [-0.2, -0.15) is 0 Å². The Balaban J connectivity index is 1.94. The summed E-state index contributed by atoms with van der Waals surface area (Å²) in [5.41, 5.74) is 9.40. The number of allylic oxidation sites excluding steroid dienone is 12. The van der Waals surface area contributed by atoms with Crippen LogP contribution in [0.3, 0.4) is 0 Å². The van der Waals surface area contributed by atoms with Crippen LogP contribution in [0.5, 0.6) is 0 Å². The van der Waals surface area contributed by atoms with Crippen molar-refractivity contribution in [2.45, 2.75) is 144 Å². The van der Waals surface area contributed by atoms with Crippen LogP contribution in [0.25, 0.3) is 5.57 Å². The molecule has 0 aromatic heterocycles. The van der Waals surface area contributed by atoms with Crippen LogP contribution in [0, 0.1) is 17.8 Å². The van der Waals surface area contributed by atoms with E-state index in [9.17, 15) is 0 Å². The molecular formula is C45H68. The molecule has 0 amide bonds. The number of hydrogen-bond acceptors (Lipinski definition) is 0. The monoisotopic (exact) mass is 609 g/mol. The van der Waals surface area contributed by atoms with Crippen LogP contribution in [-0.4, -0.2) is 0 Å². The highest BCUT2D eigenvalue weighted by Gasteiger charge is 2.18. The second-order valence-corrected chi connectivity index (χ2v) is 14.0. The Kier molecular flexibility index (Phi) is 18.9. The maximum Gasteiger partial charge on any atom is -0.00703 e. The normalized spacial score (nSPS) is 17.1. The minimum Gasteiger partial charge on any atom is -0.0961 e. The average Bonchev–Trinajstić information content (AvgIpc) is 3.01. The third-order valence-electron chi connectivity index (χ3n) is 10.4. The van der Waals surface area contributed by atoms with Gasteiger partial charge in [-0.3, -0.25) is 0 Å². The van der Waals surface area contributed by atoms with Crippen molar-refractivity contribution in [1.29, 1.82) is 0 Å². The summed E-state index contributed by atoms with van der Waals surface area (Å²) in [6.07, 6.45) is 34.0. The highest BCUT2D eigenvalue weighted by atomic mass is 14.2. The van der Waals surface area contributed by atoms with Crippen molar-refractivity contribution in [1.82, 2.24) is 0 Å². The van der Waals surface area contributed by atoms with Crippen LogP contribution in [0.15, 0.2) is 102 Å². The number of benzene rings is 1. The molecule has 1 fully saturated rings. The molecule has 2 rings (SSSR count). The summed E-state index contributed by atoms with van der Waals surface area (Å²) >= 11 is 0. The summed E-state index contributed by atoms with van der Waals surface area (Å²) in [5, 5.41) is 0. The van der Waals surface area contributed by atoms with Gasteiger partial charge in [0.05, 0.1) is 0 Å². The first kappa shape index (κ1) is 38.6. The van der Waals surface area contributed by atoms with E-state index in [1.165, 1.54) is 104 Å². The summed E-state index contributed by atoms with van der Waals surface area (Å²) in [7, 11) is 0. The van der Waals surface area contributed by atoms with Crippen LogP contribution in [0.2, 0.25) is 0 Å². The first-order chi connectivity index (χ1) is 21.7. The lowest BCUT2D eigenvalue weighted by Gasteiger charge is -2.25. The second kappa shape index (κ2) is 22.0. The summed E-state index contributed by atoms with van der Waals surface area (Å²) in [4.78, 5) is 0. The lowest BCUT2D eigenvalue weighted by Crippen LogP contribution is -2.11. The predicted octanol–water partition coefficient (Wildman–Crippen LogP) is 14.7. The third kappa shape index (κ3) is 14.6. The Morgan fingerprint density at radius 2 is 1.60 bits per heavy atom. The number of rotatable bonds is 22. The van der Waals surface area contributed by atoms with Gasteiger partial charge in [-0.1, -0.05) is 181 Å². The van der Waals surface area contributed by atoms with Crippen molar-refractivity contribution >= 4 is 5.57 Å². The molecule has 45 heavy (non-hydrogen) atoms. The van der Waals surface area contributed by atoms with E-state index in [0.29, 0.717) is 17.8 Å². The highest BCUT2D eigenvalue weighted by molar-refractivity contribution is 5.74. The van der Waals surface area contributed by atoms with Gasteiger partial charge in [0.2, 0.25) is 0 Å². The largest absolute Gasteiger partial charge is 0.0961 e. The molecule has 1 aliphatic rings. The zero-order valence-electron chi connectivity index (χ0n) is 30.5. The SMILES string of the molecule is C=C(C)C=CC=C(CC)CCC(C)C(C)C(=CC)CC(=C)C=CC(=CC)c1ccc(C(CCCC)CCCCC2CCC2)cc1. The van der Waals surface area contributed by atoms with Crippen molar-refractivity contribution in [2.24, 2.45) is 17.8 Å². The molecule has 0 aliphatic heterocycles. The van der Waals surface area contributed by atoms with E-state index in [1.54, 1.807) is 0 Å². The van der Waals surface area contributed by atoms with E-state index in [4.69, 9.17) is 0 Å². The molecule has 0 N–H and O–H groups in total. The van der Waals surface area contributed by atoms with Gasteiger partial charge in [0.25, 0.3) is 0 Å². The highest BCUT2D eigenvalue weighted by Crippen LogP contribution is 2.34. The fourth-order valence-corrected chi connectivity index (χ4v) is 6.65. The van der Waals surface area contributed by atoms with Gasteiger partial charge in [0.1, 0.15) is 0 Å². The Hall–Kier alpha value is -2.60. The number of unbranched alkanes of at least 4 members (excludes halogenated alkanes) is 2. The first-order valence-corrected chi connectivity index (χ1v) is 18.5. The van der Waals surface area contributed by atoms with Crippen molar-refractivity contribution in [2.75, 3.05) is 0 Å². The van der Waals surface area contributed by atoms with E-state index in [0.717, 1.165) is 30.8 Å². The van der Waals surface area contributed by atoms with Crippen molar-refractivity contribution in [3.05, 3.63) is 113 Å². The summed E-state index contributed by atoms with van der Waals surface area (Å²) in [6, 6.07) is 9.51. The lowest BCUT2D eigenvalue weighted by molar-refractivity contribution is 0.285.